The third-order valence-corrected chi connectivity index (χ3v) is 1.21. The van der Waals surface area contributed by atoms with Crippen molar-refractivity contribution in [3.05, 3.63) is 12.8 Å². The fourth-order valence-corrected chi connectivity index (χ4v) is 0.419. The van der Waals surface area contributed by atoms with Crippen LogP contribution in [0.3, 0.4) is 0 Å². The lowest BCUT2D eigenvalue weighted by Gasteiger charge is -1.90. The van der Waals surface area contributed by atoms with Gasteiger partial charge in [-0.25, -0.2) is 4.99 Å². The van der Waals surface area contributed by atoms with Crippen molar-refractivity contribution < 1.29 is 0 Å². The Morgan fingerprint density at radius 3 is 2.56 bits per heavy atom. The van der Waals surface area contributed by atoms with Crippen LogP contribution in [0, 0.1) is 0 Å². The zero-order valence-electron chi connectivity index (χ0n) is 5.56. The van der Waals surface area contributed by atoms with Gasteiger partial charge in [0.15, 0.2) is 0 Å². The van der Waals surface area contributed by atoms with Crippen LogP contribution in [-0.2, 0) is 0 Å². The summed E-state index contributed by atoms with van der Waals surface area (Å²) in [5, 5.41) is 0.396. The van der Waals surface area contributed by atoms with E-state index in [0.717, 1.165) is 5.71 Å². The van der Waals surface area contributed by atoms with Gasteiger partial charge >= 0.3 is 0 Å². The SMILES string of the molecule is C=CN=C(Cl)C(C)=NC. The normalized spacial score (nSPS) is 13.7. The summed E-state index contributed by atoms with van der Waals surface area (Å²) in [6.45, 7) is 5.18. The number of aliphatic imine (C=N–C) groups is 2. The molecular formula is C6H9ClN2. The quantitative estimate of drug-likeness (QED) is 0.529. The molecule has 0 saturated heterocycles. The molecular weight excluding hydrogens is 136 g/mol. The predicted octanol–water partition coefficient (Wildman–Crippen LogP) is 1.86. The van der Waals surface area contributed by atoms with Crippen molar-refractivity contribution >= 4 is 22.5 Å². The molecule has 0 aliphatic rings. The van der Waals surface area contributed by atoms with Gasteiger partial charge in [0.2, 0.25) is 0 Å². The second-order valence-electron chi connectivity index (χ2n) is 1.41. The first-order chi connectivity index (χ1) is 4.22. The number of rotatable bonds is 2. The molecule has 0 radical (unpaired) electrons. The molecule has 0 heterocycles. The number of hydrogen-bond acceptors (Lipinski definition) is 2. The fourth-order valence-electron chi connectivity index (χ4n) is 0.266. The van der Waals surface area contributed by atoms with Gasteiger partial charge in [0.05, 0.1) is 5.71 Å². The van der Waals surface area contributed by atoms with Crippen LogP contribution >= 0.6 is 11.6 Å². The minimum atomic E-state index is 0.396. The summed E-state index contributed by atoms with van der Waals surface area (Å²) < 4.78 is 0. The summed E-state index contributed by atoms with van der Waals surface area (Å²) in [6.07, 6.45) is 1.39. The van der Waals surface area contributed by atoms with Gasteiger partial charge in [-0.2, -0.15) is 0 Å². The van der Waals surface area contributed by atoms with E-state index in [0.29, 0.717) is 5.17 Å². The molecule has 0 fully saturated rings. The first-order valence-electron chi connectivity index (χ1n) is 2.50. The first-order valence-corrected chi connectivity index (χ1v) is 2.88. The van der Waals surface area contributed by atoms with Crippen LogP contribution in [0.4, 0.5) is 0 Å². The van der Waals surface area contributed by atoms with Gasteiger partial charge in [0.1, 0.15) is 5.17 Å². The number of nitrogens with zero attached hydrogens (tertiary/aromatic N) is 2. The number of halogens is 1. The molecule has 0 N–H and O–H groups in total. The maximum atomic E-state index is 5.58. The van der Waals surface area contributed by atoms with Gasteiger partial charge in [0.25, 0.3) is 0 Å². The van der Waals surface area contributed by atoms with Crippen LogP contribution in [0.25, 0.3) is 0 Å². The highest BCUT2D eigenvalue weighted by Gasteiger charge is 1.93. The molecule has 0 aromatic rings. The van der Waals surface area contributed by atoms with Crippen LogP contribution in [0.2, 0.25) is 0 Å². The molecule has 0 unspecified atom stereocenters. The third-order valence-electron chi connectivity index (χ3n) is 0.839. The maximum Gasteiger partial charge on any atom is 0.149 e. The third kappa shape index (κ3) is 3.03. The smallest absolute Gasteiger partial charge is 0.149 e. The van der Waals surface area contributed by atoms with Gasteiger partial charge < -0.3 is 0 Å². The Bertz CT molecular complexity index is 158. The molecule has 0 aromatic carbocycles. The van der Waals surface area contributed by atoms with Gasteiger partial charge in [-0.15, -0.1) is 0 Å². The Balaban J connectivity index is 4.19. The summed E-state index contributed by atoms with van der Waals surface area (Å²) in [5.41, 5.74) is 0.719. The minimum absolute atomic E-state index is 0.396. The molecule has 2 nitrogen and oxygen atoms in total. The highest BCUT2D eigenvalue weighted by Crippen LogP contribution is 1.89. The van der Waals surface area contributed by atoms with Crippen molar-refractivity contribution in [1.29, 1.82) is 0 Å². The minimum Gasteiger partial charge on any atom is -0.290 e. The molecule has 0 amide bonds. The van der Waals surface area contributed by atoms with Crippen LogP contribution in [0.1, 0.15) is 6.92 Å². The molecule has 3 heteroatoms. The molecule has 9 heavy (non-hydrogen) atoms. The molecule has 50 valence electrons. The second kappa shape index (κ2) is 4.27. The van der Waals surface area contributed by atoms with E-state index in [4.69, 9.17) is 11.6 Å². The van der Waals surface area contributed by atoms with Gasteiger partial charge in [0, 0.05) is 13.2 Å². The molecule has 0 rings (SSSR count). The van der Waals surface area contributed by atoms with E-state index in [1.807, 2.05) is 0 Å². The van der Waals surface area contributed by atoms with Gasteiger partial charge in [-0.3, -0.25) is 4.99 Å². The number of hydrogen-bond donors (Lipinski definition) is 0. The lowest BCUT2D eigenvalue weighted by Crippen LogP contribution is -2.00. The second-order valence-corrected chi connectivity index (χ2v) is 1.77. The topological polar surface area (TPSA) is 24.7 Å². The van der Waals surface area contributed by atoms with E-state index in [9.17, 15) is 0 Å². The fraction of sp³-hybridized carbons (Fsp3) is 0.333. The Hall–Kier alpha value is -0.630. The van der Waals surface area contributed by atoms with E-state index in [1.165, 1.54) is 6.20 Å². The van der Waals surface area contributed by atoms with E-state index in [2.05, 4.69) is 16.6 Å². The van der Waals surface area contributed by atoms with Crippen LogP contribution in [0.5, 0.6) is 0 Å². The summed E-state index contributed by atoms with van der Waals surface area (Å²) in [6, 6.07) is 0. The van der Waals surface area contributed by atoms with Crippen LogP contribution < -0.4 is 0 Å². The van der Waals surface area contributed by atoms with Crippen molar-refractivity contribution in [2.75, 3.05) is 7.05 Å². The monoisotopic (exact) mass is 144 g/mol. The summed E-state index contributed by atoms with van der Waals surface area (Å²) in [4.78, 5) is 7.52. The van der Waals surface area contributed by atoms with Gasteiger partial charge in [-0.1, -0.05) is 18.2 Å². The average molecular weight is 145 g/mol. The van der Waals surface area contributed by atoms with E-state index in [1.54, 1.807) is 14.0 Å². The molecule has 0 aliphatic carbocycles. The van der Waals surface area contributed by atoms with E-state index >= 15 is 0 Å². The predicted molar refractivity (Wildman–Crippen MR) is 42.5 cm³/mol. The Labute approximate surface area is 60.0 Å². The largest absolute Gasteiger partial charge is 0.290 e. The zero-order chi connectivity index (χ0) is 7.28. The highest BCUT2D eigenvalue weighted by atomic mass is 35.5. The molecule has 0 atom stereocenters. The van der Waals surface area contributed by atoms with E-state index < -0.39 is 0 Å². The molecule has 0 aliphatic heterocycles. The summed E-state index contributed by atoms with van der Waals surface area (Å²) in [5.74, 6) is 0. The van der Waals surface area contributed by atoms with Crippen molar-refractivity contribution in [1.82, 2.24) is 0 Å². The van der Waals surface area contributed by atoms with Gasteiger partial charge in [-0.05, 0) is 6.92 Å². The molecule has 0 spiro atoms. The molecule has 0 saturated carbocycles. The first kappa shape index (κ1) is 8.37. The van der Waals surface area contributed by atoms with Crippen molar-refractivity contribution in [2.24, 2.45) is 9.98 Å². The van der Waals surface area contributed by atoms with E-state index in [-0.39, 0.29) is 0 Å². The summed E-state index contributed by atoms with van der Waals surface area (Å²) in [7, 11) is 1.66. The lowest BCUT2D eigenvalue weighted by atomic mass is 10.5. The van der Waals surface area contributed by atoms with Crippen molar-refractivity contribution in [3.8, 4) is 0 Å². The van der Waals surface area contributed by atoms with Crippen LogP contribution in [-0.4, -0.2) is 17.9 Å². The van der Waals surface area contributed by atoms with Crippen LogP contribution in [0.15, 0.2) is 22.8 Å². The Kier molecular flexibility index (Phi) is 3.97. The average Bonchev–Trinajstić information content (AvgIpc) is 1.87. The highest BCUT2D eigenvalue weighted by molar-refractivity contribution is 6.83. The zero-order valence-corrected chi connectivity index (χ0v) is 6.31. The summed E-state index contributed by atoms with van der Waals surface area (Å²) >= 11 is 5.58. The molecule has 0 aromatic heterocycles. The Morgan fingerprint density at radius 2 is 2.22 bits per heavy atom. The lowest BCUT2D eigenvalue weighted by molar-refractivity contribution is 1.44. The van der Waals surface area contributed by atoms with Crippen molar-refractivity contribution in [3.63, 3.8) is 0 Å². The standard InChI is InChI=1S/C6H9ClN2/c1-4-9-6(7)5(2)8-3/h4H,1H2,2-3H3. The maximum absolute atomic E-state index is 5.58. The molecule has 0 bridgehead atoms. The Morgan fingerprint density at radius 1 is 1.67 bits per heavy atom. The van der Waals surface area contributed by atoms with Crippen molar-refractivity contribution in [2.45, 2.75) is 6.92 Å².